The van der Waals surface area contributed by atoms with Gasteiger partial charge in [0.05, 0.1) is 10.4 Å². The first-order valence-corrected chi connectivity index (χ1v) is 8.83. The molecule has 3 heterocycles. The Labute approximate surface area is 167 Å². The fourth-order valence-electron chi connectivity index (χ4n) is 2.88. The van der Waals surface area contributed by atoms with Crippen molar-refractivity contribution in [2.45, 2.75) is 6.18 Å². The number of piperazine rings is 1. The normalized spacial score (nSPS) is 15.4. The molecule has 0 amide bonds. The number of furan rings is 1. The highest BCUT2D eigenvalue weighted by Gasteiger charge is 2.38. The topological polar surface area (TPSA) is 109 Å². The van der Waals surface area contributed by atoms with Gasteiger partial charge in [0.2, 0.25) is 5.95 Å². The van der Waals surface area contributed by atoms with Crippen LogP contribution in [0.25, 0.3) is 22.1 Å². The van der Waals surface area contributed by atoms with Crippen LogP contribution in [0, 0.1) is 0 Å². The van der Waals surface area contributed by atoms with Gasteiger partial charge in [-0.15, -0.1) is 0 Å². The maximum atomic E-state index is 10.6. The maximum absolute atomic E-state index is 10.6. The van der Waals surface area contributed by atoms with Crippen LogP contribution in [0.15, 0.2) is 22.6 Å². The molecule has 29 heavy (non-hydrogen) atoms. The molecule has 1 aliphatic heterocycles. The molecule has 0 atom stereocenters. The Kier molecular flexibility index (Phi) is 5.71. The van der Waals surface area contributed by atoms with Crippen molar-refractivity contribution < 1.29 is 27.5 Å². The molecule has 1 fully saturated rings. The number of carbonyl (C=O) groups is 1. The van der Waals surface area contributed by atoms with Gasteiger partial charge in [-0.1, -0.05) is 17.7 Å². The average molecular weight is 432 g/mol. The van der Waals surface area contributed by atoms with Crippen LogP contribution in [0.2, 0.25) is 5.02 Å². The standard InChI is InChI=1S/C15H16ClN5O.C2HF3O2/c1-20-5-7-21(8-6-20)14-13-12(18-15(17)19-14)11-9(16)3-2-4-10(11)22-13;3-2(4,5)1(6)7/h2-4H,5-8H2,1H3,(H2,17,18,19);(H,6,7). The van der Waals surface area contributed by atoms with Gasteiger partial charge in [-0.25, -0.2) is 9.78 Å². The monoisotopic (exact) mass is 431 g/mol. The lowest BCUT2D eigenvalue weighted by Crippen LogP contribution is -2.44. The highest BCUT2D eigenvalue weighted by atomic mass is 35.5. The SMILES string of the molecule is CN1CCN(c2nc(N)nc3c2oc2cccc(Cl)c23)CC1.O=C(O)C(F)(F)F. The van der Waals surface area contributed by atoms with E-state index in [2.05, 4.69) is 26.8 Å². The van der Waals surface area contributed by atoms with Crippen molar-refractivity contribution in [3.63, 3.8) is 0 Å². The van der Waals surface area contributed by atoms with E-state index in [1.165, 1.54) is 0 Å². The van der Waals surface area contributed by atoms with Gasteiger partial charge in [0, 0.05) is 26.2 Å². The lowest BCUT2D eigenvalue weighted by molar-refractivity contribution is -0.192. The molecule has 4 rings (SSSR count). The summed E-state index contributed by atoms with van der Waals surface area (Å²) in [6, 6.07) is 5.57. The number of likely N-dealkylation sites (N-methyl/N-ethyl adjacent to an activating group) is 1. The summed E-state index contributed by atoms with van der Waals surface area (Å²) in [5.74, 6) is -1.76. The van der Waals surface area contributed by atoms with E-state index >= 15 is 0 Å². The number of nitrogen functional groups attached to an aromatic ring is 1. The molecule has 3 aromatic rings. The van der Waals surface area contributed by atoms with E-state index < -0.39 is 12.1 Å². The fourth-order valence-corrected chi connectivity index (χ4v) is 3.14. The maximum Gasteiger partial charge on any atom is 0.490 e. The van der Waals surface area contributed by atoms with Crippen LogP contribution < -0.4 is 10.6 Å². The summed E-state index contributed by atoms with van der Waals surface area (Å²) in [4.78, 5) is 22.1. The predicted molar refractivity (Wildman–Crippen MR) is 102 cm³/mol. The number of fused-ring (bicyclic) bond motifs is 3. The molecule has 2 aromatic heterocycles. The highest BCUT2D eigenvalue weighted by molar-refractivity contribution is 6.37. The molecule has 1 saturated heterocycles. The van der Waals surface area contributed by atoms with E-state index in [-0.39, 0.29) is 5.95 Å². The lowest BCUT2D eigenvalue weighted by atomic mass is 10.2. The number of carboxylic acids is 1. The Hall–Kier alpha value is -2.79. The zero-order valence-electron chi connectivity index (χ0n) is 15.2. The van der Waals surface area contributed by atoms with Gasteiger partial charge in [0.15, 0.2) is 11.4 Å². The number of hydrogen-bond donors (Lipinski definition) is 2. The van der Waals surface area contributed by atoms with Crippen molar-refractivity contribution in [3.05, 3.63) is 23.2 Å². The van der Waals surface area contributed by atoms with Crippen molar-refractivity contribution in [3.8, 4) is 0 Å². The van der Waals surface area contributed by atoms with Gasteiger partial charge in [0.1, 0.15) is 11.1 Å². The van der Waals surface area contributed by atoms with Crippen LogP contribution in [0.3, 0.4) is 0 Å². The first kappa shape index (κ1) is 20.9. The third kappa shape index (κ3) is 4.46. The summed E-state index contributed by atoms with van der Waals surface area (Å²) in [5, 5.41) is 8.53. The zero-order chi connectivity index (χ0) is 21.3. The molecule has 0 bridgehead atoms. The number of nitrogens with zero attached hydrogens (tertiary/aromatic N) is 4. The summed E-state index contributed by atoms with van der Waals surface area (Å²) in [7, 11) is 2.11. The van der Waals surface area contributed by atoms with Gasteiger partial charge in [0.25, 0.3) is 0 Å². The van der Waals surface area contributed by atoms with Crippen molar-refractivity contribution in [2.24, 2.45) is 0 Å². The molecule has 0 aliphatic carbocycles. The van der Waals surface area contributed by atoms with E-state index in [0.717, 1.165) is 37.4 Å². The number of anilines is 2. The van der Waals surface area contributed by atoms with Crippen molar-refractivity contribution in [1.29, 1.82) is 0 Å². The Morgan fingerprint density at radius 3 is 2.45 bits per heavy atom. The second-order valence-electron chi connectivity index (χ2n) is 6.39. The van der Waals surface area contributed by atoms with Crippen LogP contribution in [-0.2, 0) is 4.79 Å². The second-order valence-corrected chi connectivity index (χ2v) is 6.80. The molecule has 1 aromatic carbocycles. The van der Waals surface area contributed by atoms with Crippen molar-refractivity contribution >= 4 is 51.4 Å². The van der Waals surface area contributed by atoms with Crippen LogP contribution in [0.4, 0.5) is 24.9 Å². The number of aromatic nitrogens is 2. The quantitative estimate of drug-likeness (QED) is 0.605. The van der Waals surface area contributed by atoms with Gasteiger partial charge in [-0.05, 0) is 19.2 Å². The van der Waals surface area contributed by atoms with Crippen LogP contribution in [0.5, 0.6) is 0 Å². The van der Waals surface area contributed by atoms with Crippen molar-refractivity contribution in [1.82, 2.24) is 14.9 Å². The van der Waals surface area contributed by atoms with E-state index in [4.69, 9.17) is 31.7 Å². The molecular formula is C17H17ClF3N5O3. The van der Waals surface area contributed by atoms with E-state index in [1.54, 1.807) is 0 Å². The molecule has 156 valence electrons. The molecule has 1 aliphatic rings. The number of rotatable bonds is 1. The Balaban J connectivity index is 0.000000298. The van der Waals surface area contributed by atoms with Crippen LogP contribution >= 0.6 is 11.6 Å². The molecule has 3 N–H and O–H groups in total. The largest absolute Gasteiger partial charge is 0.490 e. The number of aliphatic carboxylic acids is 1. The van der Waals surface area contributed by atoms with Crippen LogP contribution in [0.1, 0.15) is 0 Å². The first-order valence-electron chi connectivity index (χ1n) is 8.45. The summed E-state index contributed by atoms with van der Waals surface area (Å²) in [6.45, 7) is 3.72. The number of halogens is 4. The van der Waals surface area contributed by atoms with Gasteiger partial charge >= 0.3 is 12.1 Å². The average Bonchev–Trinajstić information content (AvgIpc) is 3.01. The molecular weight excluding hydrogens is 415 g/mol. The van der Waals surface area contributed by atoms with E-state index in [1.807, 2.05) is 18.2 Å². The molecule has 8 nitrogen and oxygen atoms in total. The fraction of sp³-hybridized carbons (Fsp3) is 0.353. The van der Waals surface area contributed by atoms with Gasteiger partial charge in [-0.2, -0.15) is 18.2 Å². The number of hydrogen-bond acceptors (Lipinski definition) is 7. The van der Waals surface area contributed by atoms with Crippen molar-refractivity contribution in [2.75, 3.05) is 43.9 Å². The molecule has 0 spiro atoms. The summed E-state index contributed by atoms with van der Waals surface area (Å²) in [6.07, 6.45) is -5.08. The third-order valence-electron chi connectivity index (χ3n) is 4.33. The zero-order valence-corrected chi connectivity index (χ0v) is 16.0. The number of alkyl halides is 3. The minimum atomic E-state index is -5.08. The van der Waals surface area contributed by atoms with Gasteiger partial charge in [-0.3, -0.25) is 0 Å². The number of carboxylic acid groups (broad SMARTS) is 1. The molecule has 12 heteroatoms. The molecule has 0 unspecified atom stereocenters. The minimum absolute atomic E-state index is 0.240. The Bertz CT molecular complexity index is 1050. The highest BCUT2D eigenvalue weighted by Crippen LogP contribution is 2.37. The predicted octanol–water partition coefficient (Wildman–Crippen LogP) is 3.00. The smallest absolute Gasteiger partial charge is 0.475 e. The number of nitrogens with two attached hydrogens (primary N) is 1. The first-order chi connectivity index (χ1) is 13.6. The second kappa shape index (κ2) is 7.91. The minimum Gasteiger partial charge on any atom is -0.475 e. The van der Waals surface area contributed by atoms with Crippen LogP contribution in [-0.4, -0.2) is 65.3 Å². The Morgan fingerprint density at radius 2 is 1.86 bits per heavy atom. The molecule has 0 radical (unpaired) electrons. The van der Waals surface area contributed by atoms with Gasteiger partial charge < -0.3 is 25.1 Å². The Morgan fingerprint density at radius 1 is 1.24 bits per heavy atom. The summed E-state index contributed by atoms with van der Waals surface area (Å²) < 4.78 is 37.7. The van der Waals surface area contributed by atoms with E-state index in [0.29, 0.717) is 21.7 Å². The van der Waals surface area contributed by atoms with E-state index in [9.17, 15) is 13.2 Å². The summed E-state index contributed by atoms with van der Waals surface area (Å²) in [5.41, 5.74) is 7.96. The molecule has 0 saturated carbocycles. The third-order valence-corrected chi connectivity index (χ3v) is 4.65. The summed E-state index contributed by atoms with van der Waals surface area (Å²) >= 11 is 6.31. The number of benzene rings is 1. The lowest BCUT2D eigenvalue weighted by Gasteiger charge is -2.33.